The average molecular weight is 654 g/mol. The molecular weight excluding hydrogens is 639 g/mol. The zero-order valence-electron chi connectivity index (χ0n) is 13.2. The van der Waals surface area contributed by atoms with Crippen molar-refractivity contribution in [1.29, 1.82) is 0 Å². The number of rotatable bonds is 6. The van der Waals surface area contributed by atoms with Crippen molar-refractivity contribution in [2.45, 2.75) is 17.3 Å². The Morgan fingerprint density at radius 1 is 0.625 bits per heavy atom. The quantitative estimate of drug-likeness (QED) is 0.277. The van der Waals surface area contributed by atoms with Gasteiger partial charge in [0, 0.05) is 115 Å². The van der Waals surface area contributed by atoms with Crippen LogP contribution in [0.2, 0.25) is 0 Å². The molecule has 1 rings (SSSR count). The standard InChI is InChI=1S/C15H15S6.3Y/c1-10(16)19-7-13-4-14(8-20-11(2)17)6-15(5-13)9-21-12(3)18;;;/h4-6H,1-3,7-9H2;;;/q-3;;;. The minimum absolute atomic E-state index is 0. The first-order chi connectivity index (χ1) is 9.86. The van der Waals surface area contributed by atoms with E-state index in [2.05, 4.69) is 39.0 Å². The number of thiocarbonyl (C=S) groups is 3. The van der Waals surface area contributed by atoms with Gasteiger partial charge in [-0.15, -0.1) is 71.9 Å². The first-order valence-corrected chi connectivity index (χ1v) is 10.1. The van der Waals surface area contributed by atoms with Crippen LogP contribution in [0.1, 0.15) is 16.7 Å². The van der Waals surface area contributed by atoms with E-state index in [4.69, 9.17) is 36.7 Å². The second-order valence-corrected chi connectivity index (χ2v) is 9.60. The van der Waals surface area contributed by atoms with Gasteiger partial charge in [-0.3, -0.25) is 0 Å². The Morgan fingerprint density at radius 3 is 1.00 bits per heavy atom. The van der Waals surface area contributed by atoms with E-state index in [1.165, 1.54) is 16.7 Å². The third-order valence-corrected chi connectivity index (χ3v) is 5.77. The number of thioether (sulfide) groups is 3. The van der Waals surface area contributed by atoms with Gasteiger partial charge < -0.3 is 20.8 Å². The van der Waals surface area contributed by atoms with Crippen molar-refractivity contribution >= 4 is 84.5 Å². The van der Waals surface area contributed by atoms with Crippen molar-refractivity contribution in [3.63, 3.8) is 0 Å². The van der Waals surface area contributed by atoms with Gasteiger partial charge in [0.05, 0.1) is 0 Å². The van der Waals surface area contributed by atoms with Crippen LogP contribution in [0.3, 0.4) is 0 Å². The molecule has 0 aliphatic carbocycles. The Balaban J connectivity index is -0.00000147. The molecule has 0 amide bonds. The Bertz CT molecular complexity index is 459. The molecule has 24 heavy (non-hydrogen) atoms. The van der Waals surface area contributed by atoms with Crippen molar-refractivity contribution in [2.24, 2.45) is 0 Å². The number of hydrogen-bond donors (Lipinski definition) is 0. The average Bonchev–Trinajstić information content (AvgIpc) is 2.40. The summed E-state index contributed by atoms with van der Waals surface area (Å²) in [6, 6.07) is 6.56. The Morgan fingerprint density at radius 2 is 0.833 bits per heavy atom. The summed E-state index contributed by atoms with van der Waals surface area (Å²) in [6.45, 7) is 11.3. The zero-order valence-corrected chi connectivity index (χ0v) is 26.6. The molecule has 1 aromatic rings. The molecule has 0 aliphatic heterocycles. The van der Waals surface area contributed by atoms with Crippen LogP contribution < -0.4 is 0 Å². The van der Waals surface area contributed by atoms with Crippen LogP contribution in [0.5, 0.6) is 0 Å². The van der Waals surface area contributed by atoms with Gasteiger partial charge in [0.15, 0.2) is 0 Å². The van der Waals surface area contributed by atoms with Crippen molar-refractivity contribution in [1.82, 2.24) is 0 Å². The van der Waals surface area contributed by atoms with E-state index in [0.29, 0.717) is 12.6 Å². The third-order valence-electron chi connectivity index (χ3n) is 2.31. The molecule has 1 aromatic carbocycles. The van der Waals surface area contributed by atoms with Gasteiger partial charge in [-0.25, -0.2) is 0 Å². The van der Waals surface area contributed by atoms with Gasteiger partial charge in [0.25, 0.3) is 0 Å². The first kappa shape index (κ1) is 32.1. The summed E-state index contributed by atoms with van der Waals surface area (Å²) in [5.74, 6) is 2.51. The summed E-state index contributed by atoms with van der Waals surface area (Å²) in [5.41, 5.74) is 3.72. The van der Waals surface area contributed by atoms with Crippen LogP contribution in [0, 0.1) is 20.8 Å². The molecule has 0 aliphatic rings. The Kier molecular flexibility index (Phi) is 24.8. The second kappa shape index (κ2) is 18.5. The molecule has 0 heterocycles. The van der Waals surface area contributed by atoms with Crippen LogP contribution in [-0.2, 0) is 115 Å². The summed E-state index contributed by atoms with van der Waals surface area (Å²) in [5, 5.41) is 0. The molecule has 0 saturated carbocycles. The number of benzene rings is 1. The molecule has 0 N–H and O–H groups in total. The molecule has 9 heteroatoms. The molecule has 0 unspecified atom stereocenters. The monoisotopic (exact) mass is 654 g/mol. The second-order valence-electron chi connectivity index (χ2n) is 4.14. The Hall–Kier alpha value is 3.46. The molecule has 0 fully saturated rings. The van der Waals surface area contributed by atoms with E-state index in [0.717, 1.165) is 17.3 Å². The van der Waals surface area contributed by atoms with Crippen LogP contribution in [-0.4, -0.2) is 12.6 Å². The summed E-state index contributed by atoms with van der Waals surface area (Å²) in [4.78, 5) is 0. The molecule has 0 spiro atoms. The minimum Gasteiger partial charge on any atom is -0.358 e. The largest absolute Gasteiger partial charge is 0.358 e. The smallest absolute Gasteiger partial charge is 0.0212 e. The van der Waals surface area contributed by atoms with Gasteiger partial charge in [-0.05, 0) is 16.7 Å². The van der Waals surface area contributed by atoms with Crippen LogP contribution in [0.25, 0.3) is 0 Å². The summed E-state index contributed by atoms with van der Waals surface area (Å²) in [7, 11) is 0. The third kappa shape index (κ3) is 16.4. The fourth-order valence-electron chi connectivity index (χ4n) is 1.58. The van der Waals surface area contributed by atoms with Gasteiger partial charge in [0.1, 0.15) is 0 Å². The molecule has 0 saturated heterocycles. The molecule has 3 radical (unpaired) electrons. The van der Waals surface area contributed by atoms with E-state index in [1.54, 1.807) is 35.3 Å². The first-order valence-electron chi connectivity index (χ1n) is 5.94. The molecule has 0 aromatic heterocycles. The maximum absolute atomic E-state index is 5.02. The predicted octanol–water partition coefficient (Wildman–Crippen LogP) is 5.86. The number of hydrogen-bond acceptors (Lipinski definition) is 6. The van der Waals surface area contributed by atoms with Crippen molar-refractivity contribution in [3.8, 4) is 0 Å². The van der Waals surface area contributed by atoms with E-state index < -0.39 is 0 Å². The molecule has 123 valence electrons. The predicted molar refractivity (Wildman–Crippen MR) is 114 cm³/mol. The van der Waals surface area contributed by atoms with Gasteiger partial charge >= 0.3 is 0 Å². The van der Waals surface area contributed by atoms with Gasteiger partial charge in [-0.1, -0.05) is 30.8 Å². The zero-order chi connectivity index (χ0) is 15.8. The van der Waals surface area contributed by atoms with E-state index in [-0.39, 0.29) is 98.1 Å². The van der Waals surface area contributed by atoms with E-state index >= 15 is 0 Å². The summed E-state index contributed by atoms with van der Waals surface area (Å²) < 4.78 is 2.13. The fourth-order valence-corrected chi connectivity index (χ4v) is 3.59. The van der Waals surface area contributed by atoms with Crippen molar-refractivity contribution in [3.05, 3.63) is 55.7 Å². The van der Waals surface area contributed by atoms with Crippen molar-refractivity contribution in [2.75, 3.05) is 0 Å². The van der Waals surface area contributed by atoms with E-state index in [1.807, 2.05) is 0 Å². The Labute approximate surface area is 250 Å². The van der Waals surface area contributed by atoms with Gasteiger partial charge in [0.2, 0.25) is 0 Å². The maximum Gasteiger partial charge on any atom is 0.0212 e. The maximum atomic E-state index is 5.02. The molecule has 0 nitrogen and oxygen atoms in total. The topological polar surface area (TPSA) is 0 Å². The molecule has 0 bridgehead atoms. The molecular formula is C15H15S6Y3-3. The summed E-state index contributed by atoms with van der Waals surface area (Å²) in [6.07, 6.45) is 0. The normalized spacial score (nSPS) is 9.00. The van der Waals surface area contributed by atoms with Crippen LogP contribution in [0.4, 0.5) is 0 Å². The fraction of sp³-hybridized carbons (Fsp3) is 0.200. The SMILES string of the molecule is [CH2-]C(=S)SCc1cc(CSC([CH2-])=S)cc(CSC([CH2-])=S)c1.[Y].[Y].[Y]. The summed E-state index contributed by atoms with van der Waals surface area (Å²) >= 11 is 19.8. The van der Waals surface area contributed by atoms with E-state index in [9.17, 15) is 0 Å². The minimum atomic E-state index is 0. The van der Waals surface area contributed by atoms with Gasteiger partial charge in [-0.2, -0.15) is 0 Å². The van der Waals surface area contributed by atoms with Crippen molar-refractivity contribution < 1.29 is 98.1 Å². The van der Waals surface area contributed by atoms with Crippen LogP contribution in [0.15, 0.2) is 18.2 Å². The van der Waals surface area contributed by atoms with Crippen LogP contribution >= 0.6 is 71.9 Å². The molecule has 0 atom stereocenters.